The maximum atomic E-state index is 12.7. The molecule has 1 aliphatic heterocycles. The summed E-state index contributed by atoms with van der Waals surface area (Å²) in [6.45, 7) is 4.08. The lowest BCUT2D eigenvalue weighted by Gasteiger charge is -2.38. The summed E-state index contributed by atoms with van der Waals surface area (Å²) in [5.41, 5.74) is 8.30. The van der Waals surface area contributed by atoms with Gasteiger partial charge in [0.25, 0.3) is 0 Å². The minimum atomic E-state index is -0.521. The standard InChI is InChI=1S/C18H19N3O2/c1-18(2)7-13-16(14(23)8-18)15(12(9-19)17(20)21-13)10-4-3-5-11(22)6-10/h3-6,15,21-22H,7-8,20H2,1-2H3. The third kappa shape index (κ3) is 2.57. The first-order chi connectivity index (χ1) is 10.8. The van der Waals surface area contributed by atoms with Crippen molar-refractivity contribution in [1.82, 2.24) is 5.32 Å². The maximum absolute atomic E-state index is 12.7. The number of ketones is 1. The highest BCUT2D eigenvalue weighted by molar-refractivity contribution is 6.00. The van der Waals surface area contributed by atoms with Gasteiger partial charge >= 0.3 is 0 Å². The molecule has 0 fully saturated rings. The number of benzene rings is 1. The van der Waals surface area contributed by atoms with Crippen LogP contribution in [0.3, 0.4) is 0 Å². The molecule has 0 spiro atoms. The summed E-state index contributed by atoms with van der Waals surface area (Å²) in [6, 6.07) is 8.77. The van der Waals surface area contributed by atoms with Crippen LogP contribution in [0.1, 0.15) is 38.2 Å². The molecule has 0 saturated carbocycles. The van der Waals surface area contributed by atoms with Crippen molar-refractivity contribution < 1.29 is 9.90 Å². The van der Waals surface area contributed by atoms with Crippen LogP contribution in [0, 0.1) is 16.7 Å². The zero-order valence-electron chi connectivity index (χ0n) is 13.2. The Bertz CT molecular complexity index is 797. The number of hydrogen-bond donors (Lipinski definition) is 3. The molecule has 0 radical (unpaired) electrons. The van der Waals surface area contributed by atoms with E-state index in [0.29, 0.717) is 29.6 Å². The van der Waals surface area contributed by atoms with E-state index in [9.17, 15) is 15.2 Å². The van der Waals surface area contributed by atoms with E-state index in [1.807, 2.05) is 13.8 Å². The molecular weight excluding hydrogens is 290 g/mol. The van der Waals surface area contributed by atoms with Gasteiger partial charge in [-0.3, -0.25) is 4.79 Å². The van der Waals surface area contributed by atoms with Crippen LogP contribution in [0.5, 0.6) is 5.75 Å². The molecule has 0 amide bonds. The van der Waals surface area contributed by atoms with Gasteiger partial charge in [0.05, 0.1) is 17.6 Å². The highest BCUT2D eigenvalue weighted by Gasteiger charge is 2.41. The molecule has 1 aromatic carbocycles. The first-order valence-electron chi connectivity index (χ1n) is 7.54. The zero-order chi connectivity index (χ0) is 16.8. The molecule has 1 atom stereocenters. The molecule has 2 aliphatic rings. The number of hydrogen-bond acceptors (Lipinski definition) is 5. The third-order valence-electron chi connectivity index (χ3n) is 4.40. The number of nitriles is 1. The number of nitrogens with zero attached hydrogens (tertiary/aromatic N) is 1. The van der Waals surface area contributed by atoms with E-state index in [1.165, 1.54) is 0 Å². The summed E-state index contributed by atoms with van der Waals surface area (Å²) in [5, 5.41) is 22.3. The lowest BCUT2D eigenvalue weighted by molar-refractivity contribution is -0.118. The Morgan fingerprint density at radius 2 is 2.13 bits per heavy atom. The van der Waals surface area contributed by atoms with Gasteiger partial charge in [-0.2, -0.15) is 5.26 Å². The van der Waals surface area contributed by atoms with Gasteiger partial charge in [-0.05, 0) is 29.5 Å². The van der Waals surface area contributed by atoms with Gasteiger partial charge in [-0.25, -0.2) is 0 Å². The lowest BCUT2D eigenvalue weighted by Crippen LogP contribution is -2.39. The van der Waals surface area contributed by atoms with Crippen LogP contribution >= 0.6 is 0 Å². The molecule has 23 heavy (non-hydrogen) atoms. The molecule has 1 heterocycles. The Hall–Kier alpha value is -2.74. The molecule has 5 nitrogen and oxygen atoms in total. The molecule has 0 saturated heterocycles. The average molecular weight is 309 g/mol. The number of nitrogens with one attached hydrogen (secondary N) is 1. The first kappa shape index (κ1) is 15.2. The zero-order valence-corrected chi connectivity index (χ0v) is 13.2. The van der Waals surface area contributed by atoms with Crippen molar-refractivity contribution in [3.8, 4) is 11.8 Å². The molecule has 118 valence electrons. The number of dihydropyridines is 1. The number of allylic oxidation sites excluding steroid dienone is 3. The summed E-state index contributed by atoms with van der Waals surface area (Å²) in [5.74, 6) is -0.114. The summed E-state index contributed by atoms with van der Waals surface area (Å²) in [7, 11) is 0. The van der Waals surface area contributed by atoms with Crippen molar-refractivity contribution in [2.24, 2.45) is 11.1 Å². The topological polar surface area (TPSA) is 99.1 Å². The van der Waals surface area contributed by atoms with Crippen LogP contribution < -0.4 is 11.1 Å². The normalized spacial score (nSPS) is 23.2. The summed E-state index contributed by atoms with van der Waals surface area (Å²) in [4.78, 5) is 12.7. The Morgan fingerprint density at radius 3 is 2.78 bits per heavy atom. The van der Waals surface area contributed by atoms with Crippen LogP contribution in [-0.2, 0) is 4.79 Å². The van der Waals surface area contributed by atoms with Gasteiger partial charge in [0.15, 0.2) is 5.78 Å². The maximum Gasteiger partial charge on any atom is 0.162 e. The summed E-state index contributed by atoms with van der Waals surface area (Å²) in [6.07, 6.45) is 1.13. The number of aromatic hydroxyl groups is 1. The molecule has 1 unspecified atom stereocenters. The van der Waals surface area contributed by atoms with Gasteiger partial charge in [-0.1, -0.05) is 26.0 Å². The second-order valence-electron chi connectivity index (χ2n) is 6.93. The number of phenols is 1. The Kier molecular flexibility index (Phi) is 3.41. The van der Waals surface area contributed by atoms with Crippen molar-refractivity contribution in [2.45, 2.75) is 32.6 Å². The highest BCUT2D eigenvalue weighted by atomic mass is 16.3. The molecule has 0 bridgehead atoms. The predicted molar refractivity (Wildman–Crippen MR) is 85.9 cm³/mol. The molecule has 1 aliphatic carbocycles. The monoisotopic (exact) mass is 309 g/mol. The van der Waals surface area contributed by atoms with E-state index < -0.39 is 5.92 Å². The van der Waals surface area contributed by atoms with E-state index >= 15 is 0 Å². The lowest BCUT2D eigenvalue weighted by atomic mass is 9.69. The smallest absolute Gasteiger partial charge is 0.162 e. The predicted octanol–water partition coefficient (Wildman–Crippen LogP) is 2.42. The molecule has 1 aromatic rings. The van der Waals surface area contributed by atoms with Gasteiger partial charge in [0.1, 0.15) is 11.6 Å². The van der Waals surface area contributed by atoms with E-state index in [-0.39, 0.29) is 22.8 Å². The highest BCUT2D eigenvalue weighted by Crippen LogP contribution is 2.46. The number of Topliss-reactive ketones (excluding diaryl/α,β-unsaturated/α-hetero) is 1. The van der Waals surface area contributed by atoms with Crippen LogP contribution in [0.25, 0.3) is 0 Å². The van der Waals surface area contributed by atoms with Gasteiger partial charge in [-0.15, -0.1) is 0 Å². The van der Waals surface area contributed by atoms with E-state index in [1.54, 1.807) is 24.3 Å². The van der Waals surface area contributed by atoms with Gasteiger partial charge in [0.2, 0.25) is 0 Å². The van der Waals surface area contributed by atoms with Gasteiger partial charge < -0.3 is 16.2 Å². The quantitative estimate of drug-likeness (QED) is 0.740. The number of rotatable bonds is 1. The fourth-order valence-electron chi connectivity index (χ4n) is 3.47. The van der Waals surface area contributed by atoms with Crippen molar-refractivity contribution in [2.75, 3.05) is 0 Å². The molecule has 5 heteroatoms. The Morgan fingerprint density at radius 1 is 1.39 bits per heavy atom. The van der Waals surface area contributed by atoms with Crippen molar-refractivity contribution >= 4 is 5.78 Å². The second-order valence-corrected chi connectivity index (χ2v) is 6.93. The average Bonchev–Trinajstić information content (AvgIpc) is 2.44. The largest absolute Gasteiger partial charge is 0.508 e. The van der Waals surface area contributed by atoms with Crippen LogP contribution in [-0.4, -0.2) is 10.9 Å². The van der Waals surface area contributed by atoms with E-state index in [4.69, 9.17) is 5.73 Å². The van der Waals surface area contributed by atoms with Crippen molar-refractivity contribution in [1.29, 1.82) is 5.26 Å². The fraction of sp³-hybridized carbons (Fsp3) is 0.333. The number of nitrogens with two attached hydrogens (primary N) is 1. The minimum Gasteiger partial charge on any atom is -0.508 e. The molecule has 0 aromatic heterocycles. The van der Waals surface area contributed by atoms with E-state index in [2.05, 4.69) is 11.4 Å². The number of carbonyl (C=O) groups is 1. The first-order valence-corrected chi connectivity index (χ1v) is 7.54. The second kappa shape index (κ2) is 5.17. The number of carbonyl (C=O) groups excluding carboxylic acids is 1. The Labute approximate surface area is 135 Å². The van der Waals surface area contributed by atoms with Crippen molar-refractivity contribution in [3.63, 3.8) is 0 Å². The molecule has 4 N–H and O–H groups in total. The van der Waals surface area contributed by atoms with E-state index in [0.717, 1.165) is 5.70 Å². The molecular formula is C18H19N3O2. The number of phenolic OH excluding ortho intramolecular Hbond substituents is 1. The van der Waals surface area contributed by atoms with Gasteiger partial charge in [0, 0.05) is 17.7 Å². The fourth-order valence-corrected chi connectivity index (χ4v) is 3.47. The van der Waals surface area contributed by atoms with Crippen LogP contribution in [0.2, 0.25) is 0 Å². The Balaban J connectivity index is 2.19. The minimum absolute atomic E-state index is 0.0253. The summed E-state index contributed by atoms with van der Waals surface area (Å²) >= 11 is 0. The van der Waals surface area contributed by atoms with Crippen LogP contribution in [0.15, 0.2) is 46.9 Å². The SMILES string of the molecule is CC1(C)CC(=O)C2=C(C1)NC(N)=C(C#N)C2c1cccc(O)c1. The third-order valence-corrected chi connectivity index (χ3v) is 4.40. The summed E-state index contributed by atoms with van der Waals surface area (Å²) < 4.78 is 0. The molecule has 3 rings (SSSR count). The van der Waals surface area contributed by atoms with Crippen LogP contribution in [0.4, 0.5) is 0 Å². The van der Waals surface area contributed by atoms with Crippen molar-refractivity contribution in [3.05, 3.63) is 52.5 Å².